The van der Waals surface area contributed by atoms with E-state index in [1.54, 1.807) is 7.11 Å². The number of hydrogen-bond acceptors (Lipinski definition) is 7. The second kappa shape index (κ2) is 9.21. The first kappa shape index (κ1) is 21.5. The highest BCUT2D eigenvalue weighted by atomic mass is 32.2. The number of anilines is 4. The standard InChI is InChI=1S/C23H23N5O3S/c1-31-20-10-6-9-19-21(20)27-23(28-22(19)25-17-7-4-3-5-8-17)26-18-13-11-16(12-14-18)15-24-32(2,29)30/h3-14,24H,15H2,1-2H3,(H2,25,26,27,28). The smallest absolute Gasteiger partial charge is 0.229 e. The van der Waals surface area contributed by atoms with E-state index in [4.69, 9.17) is 4.74 Å². The normalized spacial score (nSPS) is 11.3. The van der Waals surface area contributed by atoms with Gasteiger partial charge < -0.3 is 15.4 Å². The minimum Gasteiger partial charge on any atom is -0.494 e. The Morgan fingerprint density at radius 2 is 1.56 bits per heavy atom. The second-order valence-corrected chi connectivity index (χ2v) is 8.99. The molecule has 0 radical (unpaired) electrons. The molecule has 0 saturated heterocycles. The maximum atomic E-state index is 11.3. The largest absolute Gasteiger partial charge is 0.494 e. The maximum absolute atomic E-state index is 11.3. The summed E-state index contributed by atoms with van der Waals surface area (Å²) in [5.41, 5.74) is 3.20. The summed E-state index contributed by atoms with van der Waals surface area (Å²) in [7, 11) is -1.63. The van der Waals surface area contributed by atoms with Gasteiger partial charge in [0.2, 0.25) is 16.0 Å². The minimum atomic E-state index is -3.24. The van der Waals surface area contributed by atoms with Crippen molar-refractivity contribution in [3.05, 3.63) is 78.4 Å². The van der Waals surface area contributed by atoms with Gasteiger partial charge in [0.15, 0.2) is 0 Å². The molecule has 0 saturated carbocycles. The summed E-state index contributed by atoms with van der Waals surface area (Å²) in [6, 6.07) is 22.8. The summed E-state index contributed by atoms with van der Waals surface area (Å²) in [6.45, 7) is 0.230. The highest BCUT2D eigenvalue weighted by molar-refractivity contribution is 7.88. The predicted molar refractivity (Wildman–Crippen MR) is 127 cm³/mol. The van der Waals surface area contributed by atoms with Gasteiger partial charge >= 0.3 is 0 Å². The van der Waals surface area contributed by atoms with Crippen LogP contribution in [0.1, 0.15) is 5.56 Å². The lowest BCUT2D eigenvalue weighted by Gasteiger charge is -2.14. The van der Waals surface area contributed by atoms with Crippen molar-refractivity contribution >= 4 is 44.1 Å². The molecule has 0 amide bonds. The van der Waals surface area contributed by atoms with Gasteiger partial charge in [-0.1, -0.05) is 36.4 Å². The lowest BCUT2D eigenvalue weighted by molar-refractivity contribution is 0.419. The van der Waals surface area contributed by atoms with Gasteiger partial charge in [0.1, 0.15) is 17.1 Å². The molecule has 3 aromatic carbocycles. The van der Waals surface area contributed by atoms with Gasteiger partial charge in [-0.3, -0.25) is 0 Å². The second-order valence-electron chi connectivity index (χ2n) is 7.16. The van der Waals surface area contributed by atoms with Gasteiger partial charge in [0, 0.05) is 23.3 Å². The molecular weight excluding hydrogens is 426 g/mol. The number of benzene rings is 3. The van der Waals surface area contributed by atoms with Crippen LogP contribution in [0.4, 0.5) is 23.1 Å². The maximum Gasteiger partial charge on any atom is 0.229 e. The predicted octanol–water partition coefficient (Wildman–Crippen LogP) is 4.17. The fourth-order valence-electron chi connectivity index (χ4n) is 3.15. The number of nitrogens with zero attached hydrogens (tertiary/aromatic N) is 2. The van der Waals surface area contributed by atoms with Gasteiger partial charge in [0.25, 0.3) is 0 Å². The van der Waals surface area contributed by atoms with Gasteiger partial charge in [-0.2, -0.15) is 4.98 Å². The highest BCUT2D eigenvalue weighted by Crippen LogP contribution is 2.31. The summed E-state index contributed by atoms with van der Waals surface area (Å²) < 4.78 is 30.5. The van der Waals surface area contributed by atoms with Crippen LogP contribution in [-0.4, -0.2) is 31.8 Å². The number of aromatic nitrogens is 2. The molecule has 8 nitrogen and oxygen atoms in total. The molecular formula is C23H23N5O3S. The number of rotatable bonds is 8. The Kier molecular flexibility index (Phi) is 6.20. The molecule has 4 aromatic rings. The van der Waals surface area contributed by atoms with Crippen molar-refractivity contribution in [2.24, 2.45) is 0 Å². The van der Waals surface area contributed by atoms with Crippen LogP contribution in [0.5, 0.6) is 5.75 Å². The summed E-state index contributed by atoms with van der Waals surface area (Å²) in [5, 5.41) is 7.40. The first-order chi connectivity index (χ1) is 15.4. The lowest BCUT2D eigenvalue weighted by atomic mass is 10.2. The monoisotopic (exact) mass is 449 g/mol. The van der Waals surface area contributed by atoms with E-state index in [1.807, 2.05) is 72.8 Å². The first-order valence-corrected chi connectivity index (χ1v) is 11.8. The summed E-state index contributed by atoms with van der Waals surface area (Å²) in [4.78, 5) is 9.33. The van der Waals surface area contributed by atoms with Crippen LogP contribution in [-0.2, 0) is 16.6 Å². The van der Waals surface area contributed by atoms with Crippen molar-refractivity contribution in [2.75, 3.05) is 24.0 Å². The molecule has 0 unspecified atom stereocenters. The molecule has 164 valence electrons. The number of para-hydroxylation sites is 2. The lowest BCUT2D eigenvalue weighted by Crippen LogP contribution is -2.21. The summed E-state index contributed by atoms with van der Waals surface area (Å²) in [6.07, 6.45) is 1.13. The Labute approximate surface area is 186 Å². The van der Waals surface area contributed by atoms with Crippen LogP contribution in [0.2, 0.25) is 0 Å². The molecule has 3 N–H and O–H groups in total. The van der Waals surface area contributed by atoms with Crippen LogP contribution in [0.3, 0.4) is 0 Å². The van der Waals surface area contributed by atoms with Gasteiger partial charge in [-0.25, -0.2) is 18.1 Å². The Bertz CT molecular complexity index is 1330. The third-order valence-corrected chi connectivity index (χ3v) is 5.36. The average Bonchev–Trinajstić information content (AvgIpc) is 2.78. The number of methoxy groups -OCH3 is 1. The fraction of sp³-hybridized carbons (Fsp3) is 0.130. The molecule has 0 atom stereocenters. The van der Waals surface area contributed by atoms with Crippen LogP contribution in [0.25, 0.3) is 10.9 Å². The van der Waals surface area contributed by atoms with E-state index in [-0.39, 0.29) is 6.54 Å². The number of ether oxygens (including phenoxy) is 1. The molecule has 1 heterocycles. The molecule has 0 fully saturated rings. The SMILES string of the molecule is COc1cccc2c(Nc3ccccc3)nc(Nc3ccc(CNS(C)(=O)=O)cc3)nc12. The van der Waals surface area contributed by atoms with Crippen LogP contribution < -0.4 is 20.1 Å². The van der Waals surface area contributed by atoms with E-state index in [0.29, 0.717) is 23.0 Å². The first-order valence-electron chi connectivity index (χ1n) is 9.89. The fourth-order valence-corrected chi connectivity index (χ4v) is 3.58. The number of nitrogens with one attached hydrogen (secondary N) is 3. The van der Waals surface area contributed by atoms with Crippen molar-refractivity contribution in [1.82, 2.24) is 14.7 Å². The van der Waals surface area contributed by atoms with Crippen molar-refractivity contribution in [3.63, 3.8) is 0 Å². The Hall–Kier alpha value is -3.69. The average molecular weight is 450 g/mol. The molecule has 32 heavy (non-hydrogen) atoms. The zero-order valence-corrected chi connectivity index (χ0v) is 18.5. The van der Waals surface area contributed by atoms with E-state index in [0.717, 1.165) is 28.6 Å². The van der Waals surface area contributed by atoms with E-state index in [1.165, 1.54) is 0 Å². The highest BCUT2D eigenvalue weighted by Gasteiger charge is 2.12. The molecule has 0 spiro atoms. The van der Waals surface area contributed by atoms with Crippen molar-refractivity contribution in [2.45, 2.75) is 6.54 Å². The van der Waals surface area contributed by atoms with E-state index in [9.17, 15) is 8.42 Å². The molecule has 1 aromatic heterocycles. The summed E-state index contributed by atoms with van der Waals surface area (Å²) >= 11 is 0. The van der Waals surface area contributed by atoms with E-state index < -0.39 is 10.0 Å². The number of sulfonamides is 1. The Balaban J connectivity index is 1.65. The van der Waals surface area contributed by atoms with Crippen molar-refractivity contribution in [3.8, 4) is 5.75 Å². The van der Waals surface area contributed by atoms with Crippen molar-refractivity contribution in [1.29, 1.82) is 0 Å². The van der Waals surface area contributed by atoms with Gasteiger partial charge in [-0.15, -0.1) is 0 Å². The zero-order valence-electron chi connectivity index (χ0n) is 17.7. The quantitative estimate of drug-likeness (QED) is 0.371. The Morgan fingerprint density at radius 3 is 2.25 bits per heavy atom. The molecule has 0 aliphatic carbocycles. The van der Waals surface area contributed by atoms with Crippen LogP contribution >= 0.6 is 0 Å². The molecule has 0 aliphatic heterocycles. The topological polar surface area (TPSA) is 105 Å². The minimum absolute atomic E-state index is 0.230. The molecule has 0 aliphatic rings. The third kappa shape index (κ3) is 5.32. The molecule has 0 bridgehead atoms. The molecule has 9 heteroatoms. The van der Waals surface area contributed by atoms with Gasteiger partial charge in [0.05, 0.1) is 13.4 Å². The van der Waals surface area contributed by atoms with E-state index >= 15 is 0 Å². The number of fused-ring (bicyclic) bond motifs is 1. The zero-order chi connectivity index (χ0) is 22.6. The van der Waals surface area contributed by atoms with Crippen molar-refractivity contribution < 1.29 is 13.2 Å². The van der Waals surface area contributed by atoms with Gasteiger partial charge in [-0.05, 0) is 42.0 Å². The van der Waals surface area contributed by atoms with Crippen LogP contribution in [0, 0.1) is 0 Å². The van der Waals surface area contributed by atoms with Crippen LogP contribution in [0.15, 0.2) is 72.8 Å². The molecule has 4 rings (SSSR count). The van der Waals surface area contributed by atoms with E-state index in [2.05, 4.69) is 25.3 Å². The summed E-state index contributed by atoms with van der Waals surface area (Å²) in [5.74, 6) is 1.70. The third-order valence-electron chi connectivity index (χ3n) is 4.69. The Morgan fingerprint density at radius 1 is 0.844 bits per heavy atom. The number of hydrogen-bond donors (Lipinski definition) is 3.